The van der Waals surface area contributed by atoms with E-state index >= 15 is 0 Å². The van der Waals surface area contributed by atoms with Crippen LogP contribution in [-0.4, -0.2) is 70.1 Å². The van der Waals surface area contributed by atoms with Crippen molar-refractivity contribution in [1.29, 1.82) is 0 Å². The zero-order valence-corrected chi connectivity index (χ0v) is 26.2. The van der Waals surface area contributed by atoms with Crippen LogP contribution >= 0.6 is 22.9 Å². The van der Waals surface area contributed by atoms with Gasteiger partial charge in [0, 0.05) is 82.0 Å². The van der Waals surface area contributed by atoms with Crippen LogP contribution in [0.1, 0.15) is 33.6 Å². The number of ether oxygens (including phenoxy) is 1. The topological polar surface area (TPSA) is 133 Å². The van der Waals surface area contributed by atoms with Crippen molar-refractivity contribution in [2.75, 3.05) is 31.6 Å². The van der Waals surface area contributed by atoms with E-state index in [-0.39, 0.29) is 18.0 Å². The Bertz CT molecular complexity index is 2000. The highest BCUT2D eigenvalue weighted by Gasteiger charge is 2.47. The van der Waals surface area contributed by atoms with E-state index in [4.69, 9.17) is 32.8 Å². The second kappa shape index (κ2) is 10.7. The molecule has 8 rings (SSSR count). The number of nitrogens with two attached hydrogens (primary N) is 2. The highest BCUT2D eigenvalue weighted by atomic mass is 35.5. The smallest absolute Gasteiger partial charge is 0.254 e. The molecule has 3 aliphatic rings. The molecule has 10 nitrogen and oxygen atoms in total. The Labute approximate surface area is 268 Å². The molecule has 1 aliphatic carbocycles. The third-order valence-corrected chi connectivity index (χ3v) is 10.9. The molecule has 3 aromatic heterocycles. The molecule has 5 aromatic rings. The van der Waals surface area contributed by atoms with E-state index in [1.165, 1.54) is 6.20 Å². The molecule has 2 aliphatic heterocycles. The number of benzene rings is 2. The van der Waals surface area contributed by atoms with E-state index in [0.717, 1.165) is 58.6 Å². The van der Waals surface area contributed by atoms with E-state index < -0.39 is 5.91 Å². The Hall–Kier alpha value is -4.19. The Balaban J connectivity index is 1.18. The average Bonchev–Trinajstić information content (AvgIpc) is 3.78. The summed E-state index contributed by atoms with van der Waals surface area (Å²) in [6.07, 6.45) is 5.27. The molecule has 2 bridgehead atoms. The molecule has 12 heteroatoms. The fraction of sp³-hybridized carbons (Fsp3) is 0.333. The van der Waals surface area contributed by atoms with Crippen molar-refractivity contribution in [1.82, 2.24) is 19.4 Å². The molecule has 2 unspecified atom stereocenters. The second-order valence-electron chi connectivity index (χ2n) is 12.4. The summed E-state index contributed by atoms with van der Waals surface area (Å²) in [5.74, 6) is 1.55. The summed E-state index contributed by atoms with van der Waals surface area (Å²) in [7, 11) is 1.64. The van der Waals surface area contributed by atoms with E-state index in [0.29, 0.717) is 52.3 Å². The number of nitrogens with zero attached hydrogens (tertiary/aromatic N) is 5. The number of hydrogen-bond acceptors (Lipinski definition) is 8. The van der Waals surface area contributed by atoms with Gasteiger partial charge in [0.1, 0.15) is 17.1 Å². The van der Waals surface area contributed by atoms with Crippen LogP contribution in [0, 0.1) is 11.8 Å². The number of likely N-dealkylation sites (tertiary alicyclic amines) is 1. The average molecular weight is 642 g/mol. The van der Waals surface area contributed by atoms with Crippen molar-refractivity contribution in [3.8, 4) is 17.1 Å². The Morgan fingerprint density at radius 3 is 2.67 bits per heavy atom. The zero-order chi connectivity index (χ0) is 31.0. The van der Waals surface area contributed by atoms with Crippen molar-refractivity contribution >= 4 is 61.6 Å². The van der Waals surface area contributed by atoms with Crippen LogP contribution < -0.4 is 21.1 Å². The zero-order valence-electron chi connectivity index (χ0n) is 24.6. The van der Waals surface area contributed by atoms with Gasteiger partial charge in [0.05, 0.1) is 30.1 Å². The van der Waals surface area contributed by atoms with Gasteiger partial charge in [-0.1, -0.05) is 11.6 Å². The van der Waals surface area contributed by atoms with Gasteiger partial charge < -0.3 is 30.6 Å². The number of carbonyl (C=O) groups is 2. The van der Waals surface area contributed by atoms with Crippen LogP contribution in [0.15, 0.2) is 54.2 Å². The molecule has 45 heavy (non-hydrogen) atoms. The van der Waals surface area contributed by atoms with Gasteiger partial charge >= 0.3 is 0 Å². The first-order chi connectivity index (χ1) is 21.8. The summed E-state index contributed by atoms with van der Waals surface area (Å²) in [6.45, 7) is 2.92. The van der Waals surface area contributed by atoms with Crippen molar-refractivity contribution < 1.29 is 14.3 Å². The number of amides is 2. The molecule has 3 fully saturated rings. The lowest BCUT2D eigenvalue weighted by Gasteiger charge is -2.41. The minimum atomic E-state index is -0.496. The van der Waals surface area contributed by atoms with Crippen LogP contribution in [0.4, 0.5) is 5.69 Å². The number of pyridine rings is 1. The fourth-order valence-electron chi connectivity index (χ4n) is 7.40. The largest absolute Gasteiger partial charge is 0.494 e. The summed E-state index contributed by atoms with van der Waals surface area (Å²) in [6, 6.07) is 11.6. The number of methoxy groups -OCH3 is 1. The minimum Gasteiger partial charge on any atom is -0.494 e. The fourth-order valence-corrected chi connectivity index (χ4v) is 8.50. The van der Waals surface area contributed by atoms with Crippen LogP contribution in [0.2, 0.25) is 5.02 Å². The number of primary amides is 1. The first-order valence-corrected chi connectivity index (χ1v) is 16.4. The molecule has 2 amide bonds. The van der Waals surface area contributed by atoms with Gasteiger partial charge in [0.25, 0.3) is 5.91 Å². The lowest BCUT2D eigenvalue weighted by Crippen LogP contribution is -2.48. The number of anilines is 1. The van der Waals surface area contributed by atoms with Crippen molar-refractivity contribution in [2.24, 2.45) is 23.3 Å². The van der Waals surface area contributed by atoms with Gasteiger partial charge in [0.15, 0.2) is 0 Å². The molecule has 0 spiro atoms. The standard InChI is InChI=1S/C33H32ClN7O3S/c1-44-27-8-19(33(43)40-15-18-2-4-26(40)29(18)35)7-25-30(27)41(32(38-25)24-16-45-28-5-3-21(34)9-23(24)28)14-17-12-39(13-17)22-6-20(31(36)42)10-37-11-22/h3,5-11,16-18,26,29H,2,4,12-15,35H2,1H3,(H2,36,42)/t18?,26?,29-/m1/s1. The number of thiophene rings is 1. The van der Waals surface area contributed by atoms with Gasteiger partial charge in [-0.05, 0) is 55.2 Å². The van der Waals surface area contributed by atoms with Gasteiger partial charge in [0.2, 0.25) is 5.91 Å². The monoisotopic (exact) mass is 641 g/mol. The number of piperidine rings is 1. The maximum atomic E-state index is 13.8. The Morgan fingerprint density at radius 2 is 1.93 bits per heavy atom. The molecule has 2 aromatic carbocycles. The normalized spacial score (nSPS) is 21.2. The van der Waals surface area contributed by atoms with Crippen LogP contribution in [0.25, 0.3) is 32.5 Å². The Morgan fingerprint density at radius 1 is 1.09 bits per heavy atom. The highest BCUT2D eigenvalue weighted by molar-refractivity contribution is 7.17. The summed E-state index contributed by atoms with van der Waals surface area (Å²) in [5.41, 5.74) is 16.3. The molecule has 1 saturated carbocycles. The maximum Gasteiger partial charge on any atom is 0.254 e. The quantitative estimate of drug-likeness (QED) is 0.262. The predicted octanol–water partition coefficient (Wildman–Crippen LogP) is 4.77. The number of aromatic nitrogens is 3. The molecule has 4 N–H and O–H groups in total. The molecular weight excluding hydrogens is 610 g/mol. The van der Waals surface area contributed by atoms with Crippen LogP contribution in [0.5, 0.6) is 5.75 Å². The van der Waals surface area contributed by atoms with Gasteiger partial charge in [-0.25, -0.2) is 4.98 Å². The number of fused-ring (bicyclic) bond motifs is 4. The number of imidazole rings is 1. The first-order valence-electron chi connectivity index (χ1n) is 15.1. The molecule has 0 radical (unpaired) electrons. The predicted molar refractivity (Wildman–Crippen MR) is 176 cm³/mol. The molecule has 2 saturated heterocycles. The second-order valence-corrected chi connectivity index (χ2v) is 13.7. The van der Waals surface area contributed by atoms with E-state index in [1.54, 1.807) is 30.7 Å². The van der Waals surface area contributed by atoms with Gasteiger partial charge in [-0.15, -0.1) is 11.3 Å². The summed E-state index contributed by atoms with van der Waals surface area (Å²) in [5, 5.41) is 3.81. The molecule has 230 valence electrons. The van der Waals surface area contributed by atoms with E-state index in [2.05, 4.69) is 19.8 Å². The molecule has 5 heterocycles. The molecular formula is C33H32ClN7O3S. The van der Waals surface area contributed by atoms with Crippen LogP contribution in [-0.2, 0) is 6.54 Å². The van der Waals surface area contributed by atoms with E-state index in [9.17, 15) is 9.59 Å². The van der Waals surface area contributed by atoms with Gasteiger partial charge in [-0.2, -0.15) is 0 Å². The van der Waals surface area contributed by atoms with Gasteiger partial charge in [-0.3, -0.25) is 14.6 Å². The lowest BCUT2D eigenvalue weighted by atomic mass is 9.98. The minimum absolute atomic E-state index is 0.0249. The highest BCUT2D eigenvalue weighted by Crippen LogP contribution is 2.41. The number of hydrogen-bond donors (Lipinski definition) is 2. The Kier molecular flexibility index (Phi) is 6.74. The summed E-state index contributed by atoms with van der Waals surface area (Å²) < 4.78 is 9.30. The van der Waals surface area contributed by atoms with Crippen molar-refractivity contribution in [3.05, 3.63) is 70.3 Å². The number of halogens is 1. The third kappa shape index (κ3) is 4.63. The number of carbonyl (C=O) groups excluding carboxylic acids is 2. The lowest BCUT2D eigenvalue weighted by molar-refractivity contribution is 0.0700. The van der Waals surface area contributed by atoms with Crippen LogP contribution in [0.3, 0.4) is 0 Å². The van der Waals surface area contributed by atoms with Crippen molar-refractivity contribution in [3.63, 3.8) is 0 Å². The summed E-state index contributed by atoms with van der Waals surface area (Å²) in [4.78, 5) is 39.0. The maximum absolute atomic E-state index is 13.8. The van der Waals surface area contributed by atoms with Crippen molar-refractivity contribution in [2.45, 2.75) is 31.5 Å². The first kappa shape index (κ1) is 28.3. The molecule has 3 atom stereocenters. The van der Waals surface area contributed by atoms with E-state index in [1.807, 2.05) is 35.2 Å². The third-order valence-electron chi connectivity index (χ3n) is 9.74. The summed E-state index contributed by atoms with van der Waals surface area (Å²) >= 11 is 8.09. The number of rotatable bonds is 7. The SMILES string of the molecule is COc1cc(C(=O)N2CC3CCC2[C@@H]3N)cc2nc(-c3csc4ccc(Cl)cc34)n(CC3CN(c4cncc(C(N)=O)c4)C3)c12.